The fourth-order valence-electron chi connectivity index (χ4n) is 2.61. The van der Waals surface area contributed by atoms with Gasteiger partial charge in [0, 0.05) is 11.9 Å². The van der Waals surface area contributed by atoms with E-state index in [0.717, 1.165) is 36.2 Å². The first-order chi connectivity index (χ1) is 9.42. The number of hydrogen-bond donors (Lipinski definition) is 0. The number of hydrogen-bond acceptors (Lipinski definition) is 3. The highest BCUT2D eigenvalue weighted by atomic mass is 16.5. The average molecular weight is 256 g/mol. The Morgan fingerprint density at radius 3 is 2.89 bits per heavy atom. The highest BCUT2D eigenvalue weighted by Crippen LogP contribution is 2.18. The Bertz CT molecular complexity index is 535. The first-order valence-corrected chi connectivity index (χ1v) is 7.12. The first-order valence-electron chi connectivity index (χ1n) is 7.12. The van der Waals surface area contributed by atoms with E-state index >= 15 is 0 Å². The number of aromatic nitrogens is 1. The molecule has 1 aliphatic heterocycles. The van der Waals surface area contributed by atoms with Crippen LogP contribution in [0.4, 0.5) is 0 Å². The maximum absolute atomic E-state index is 5.78. The Hall–Kier alpha value is -1.61. The molecule has 1 saturated heterocycles. The number of pyridine rings is 1. The molecule has 100 valence electrons. The summed E-state index contributed by atoms with van der Waals surface area (Å²) in [4.78, 5) is 6.92. The zero-order chi connectivity index (χ0) is 12.9. The van der Waals surface area contributed by atoms with Crippen molar-refractivity contribution < 1.29 is 4.74 Å². The van der Waals surface area contributed by atoms with E-state index in [0.29, 0.717) is 0 Å². The van der Waals surface area contributed by atoms with Gasteiger partial charge >= 0.3 is 0 Å². The van der Waals surface area contributed by atoms with E-state index in [-0.39, 0.29) is 0 Å². The van der Waals surface area contributed by atoms with Crippen LogP contribution in [0.15, 0.2) is 36.5 Å². The Morgan fingerprint density at radius 1 is 1.16 bits per heavy atom. The van der Waals surface area contributed by atoms with Gasteiger partial charge in [0.25, 0.3) is 0 Å². The minimum absolute atomic E-state index is 0.774. The van der Waals surface area contributed by atoms with E-state index in [4.69, 9.17) is 4.74 Å². The largest absolute Gasteiger partial charge is 0.492 e. The van der Waals surface area contributed by atoms with E-state index in [9.17, 15) is 0 Å². The van der Waals surface area contributed by atoms with Gasteiger partial charge in [-0.1, -0.05) is 18.2 Å². The number of likely N-dealkylation sites (tertiary alicyclic amines) is 1. The SMILES string of the molecule is c1ccc2ncc(OCCCN3CCCC3)cc2c1. The number of rotatable bonds is 5. The molecule has 0 spiro atoms. The molecule has 2 heterocycles. The summed E-state index contributed by atoms with van der Waals surface area (Å²) in [5.41, 5.74) is 1.02. The number of benzene rings is 1. The van der Waals surface area contributed by atoms with Gasteiger partial charge < -0.3 is 9.64 Å². The van der Waals surface area contributed by atoms with Gasteiger partial charge in [-0.2, -0.15) is 0 Å². The Labute approximate surface area is 114 Å². The van der Waals surface area contributed by atoms with Gasteiger partial charge in [-0.25, -0.2) is 0 Å². The van der Waals surface area contributed by atoms with E-state index in [1.165, 1.54) is 25.9 Å². The van der Waals surface area contributed by atoms with E-state index in [2.05, 4.69) is 22.0 Å². The predicted octanol–water partition coefficient (Wildman–Crippen LogP) is 3.10. The maximum Gasteiger partial charge on any atom is 0.138 e. The fourth-order valence-corrected chi connectivity index (χ4v) is 2.61. The van der Waals surface area contributed by atoms with E-state index < -0.39 is 0 Å². The third kappa shape index (κ3) is 3.24. The summed E-state index contributed by atoms with van der Waals surface area (Å²) in [5.74, 6) is 0.875. The number of ether oxygens (including phenoxy) is 1. The summed E-state index contributed by atoms with van der Waals surface area (Å²) in [6.07, 6.45) is 5.62. The van der Waals surface area contributed by atoms with Crippen LogP contribution < -0.4 is 4.74 Å². The molecule has 19 heavy (non-hydrogen) atoms. The van der Waals surface area contributed by atoms with Crippen LogP contribution in [-0.4, -0.2) is 36.1 Å². The average Bonchev–Trinajstić information content (AvgIpc) is 2.97. The first kappa shape index (κ1) is 12.4. The van der Waals surface area contributed by atoms with Crippen molar-refractivity contribution in [2.24, 2.45) is 0 Å². The molecule has 0 saturated carbocycles. The second-order valence-corrected chi connectivity index (χ2v) is 5.11. The Balaban J connectivity index is 1.50. The molecule has 0 N–H and O–H groups in total. The molecule has 1 aromatic heterocycles. The zero-order valence-corrected chi connectivity index (χ0v) is 11.2. The van der Waals surface area contributed by atoms with Crippen LogP contribution in [-0.2, 0) is 0 Å². The van der Waals surface area contributed by atoms with Crippen molar-refractivity contribution >= 4 is 10.9 Å². The lowest BCUT2D eigenvalue weighted by Crippen LogP contribution is -2.21. The lowest BCUT2D eigenvalue weighted by atomic mass is 10.2. The van der Waals surface area contributed by atoms with Crippen LogP contribution in [0.3, 0.4) is 0 Å². The molecule has 3 nitrogen and oxygen atoms in total. The minimum atomic E-state index is 0.774. The van der Waals surface area contributed by atoms with Crippen molar-refractivity contribution in [1.29, 1.82) is 0 Å². The van der Waals surface area contributed by atoms with Crippen LogP contribution in [0.25, 0.3) is 10.9 Å². The zero-order valence-electron chi connectivity index (χ0n) is 11.2. The summed E-state index contributed by atoms with van der Waals surface area (Å²) in [7, 11) is 0. The number of nitrogens with zero attached hydrogens (tertiary/aromatic N) is 2. The second kappa shape index (κ2) is 6.02. The number of fused-ring (bicyclic) bond motifs is 1. The van der Waals surface area contributed by atoms with Crippen molar-refractivity contribution in [2.45, 2.75) is 19.3 Å². The lowest BCUT2D eigenvalue weighted by Gasteiger charge is -2.14. The summed E-state index contributed by atoms with van der Waals surface area (Å²) < 4.78 is 5.78. The van der Waals surface area contributed by atoms with E-state index in [1.54, 1.807) is 0 Å². The number of para-hydroxylation sites is 1. The molecule has 0 radical (unpaired) electrons. The molecule has 1 aliphatic rings. The topological polar surface area (TPSA) is 25.4 Å². The second-order valence-electron chi connectivity index (χ2n) is 5.11. The van der Waals surface area contributed by atoms with Crippen molar-refractivity contribution in [2.75, 3.05) is 26.2 Å². The molecule has 1 aromatic carbocycles. The standard InChI is InChI=1S/C16H20N2O/c1-2-7-16-14(6-1)12-15(13-17-16)19-11-5-10-18-8-3-4-9-18/h1-2,6-7,12-13H,3-5,8-11H2. The van der Waals surface area contributed by atoms with Gasteiger partial charge in [-0.15, -0.1) is 0 Å². The van der Waals surface area contributed by atoms with Crippen molar-refractivity contribution in [3.8, 4) is 5.75 Å². The molecule has 1 fully saturated rings. The monoisotopic (exact) mass is 256 g/mol. The van der Waals surface area contributed by atoms with Crippen LogP contribution in [0.1, 0.15) is 19.3 Å². The molecule has 3 heteroatoms. The third-order valence-corrected chi connectivity index (χ3v) is 3.65. The summed E-state index contributed by atoms with van der Waals surface area (Å²) in [6, 6.07) is 10.2. The van der Waals surface area contributed by atoms with Crippen LogP contribution >= 0.6 is 0 Å². The summed E-state index contributed by atoms with van der Waals surface area (Å²) in [5, 5.41) is 1.14. The maximum atomic E-state index is 5.78. The predicted molar refractivity (Wildman–Crippen MR) is 77.5 cm³/mol. The summed E-state index contributed by atoms with van der Waals surface area (Å²) >= 11 is 0. The highest BCUT2D eigenvalue weighted by Gasteiger charge is 2.10. The third-order valence-electron chi connectivity index (χ3n) is 3.65. The molecule has 0 bridgehead atoms. The molecule has 0 unspecified atom stereocenters. The van der Waals surface area contributed by atoms with E-state index in [1.807, 2.05) is 24.4 Å². The summed E-state index contributed by atoms with van der Waals surface area (Å²) in [6.45, 7) is 4.45. The fraction of sp³-hybridized carbons (Fsp3) is 0.438. The van der Waals surface area contributed by atoms with Gasteiger partial charge in [0.05, 0.1) is 18.3 Å². The Morgan fingerprint density at radius 2 is 2.00 bits per heavy atom. The smallest absolute Gasteiger partial charge is 0.138 e. The Kier molecular flexibility index (Phi) is 3.94. The van der Waals surface area contributed by atoms with Gasteiger partial charge in [0.2, 0.25) is 0 Å². The lowest BCUT2D eigenvalue weighted by molar-refractivity contribution is 0.263. The van der Waals surface area contributed by atoms with Crippen LogP contribution in [0.5, 0.6) is 5.75 Å². The molecule has 0 atom stereocenters. The molecule has 0 amide bonds. The van der Waals surface area contributed by atoms with Gasteiger partial charge in [-0.3, -0.25) is 4.98 Å². The molecule has 3 rings (SSSR count). The van der Waals surface area contributed by atoms with Gasteiger partial charge in [0.1, 0.15) is 5.75 Å². The van der Waals surface area contributed by atoms with Crippen molar-refractivity contribution in [3.63, 3.8) is 0 Å². The van der Waals surface area contributed by atoms with Gasteiger partial charge in [-0.05, 0) is 44.5 Å². The molecular formula is C16H20N2O. The van der Waals surface area contributed by atoms with Crippen LogP contribution in [0.2, 0.25) is 0 Å². The van der Waals surface area contributed by atoms with Crippen molar-refractivity contribution in [3.05, 3.63) is 36.5 Å². The quantitative estimate of drug-likeness (QED) is 0.769. The molecule has 0 aliphatic carbocycles. The molecular weight excluding hydrogens is 236 g/mol. The molecule has 2 aromatic rings. The van der Waals surface area contributed by atoms with Crippen molar-refractivity contribution in [1.82, 2.24) is 9.88 Å². The minimum Gasteiger partial charge on any atom is -0.492 e. The normalized spacial score (nSPS) is 16.0. The van der Waals surface area contributed by atoms with Crippen LogP contribution in [0, 0.1) is 0 Å². The highest BCUT2D eigenvalue weighted by molar-refractivity contribution is 5.79. The van der Waals surface area contributed by atoms with Gasteiger partial charge in [0.15, 0.2) is 0 Å².